The van der Waals surface area contributed by atoms with Crippen molar-refractivity contribution < 1.29 is 9.90 Å². The SMILES string of the molecule is CNc1ccc(-c2ccc(/C=C/C(=O)N3CCC3)cc2O)nn1. The molecule has 1 aromatic carbocycles. The van der Waals surface area contributed by atoms with Crippen molar-refractivity contribution in [2.75, 3.05) is 25.5 Å². The zero-order valence-corrected chi connectivity index (χ0v) is 12.9. The Balaban J connectivity index is 1.76. The van der Waals surface area contributed by atoms with E-state index in [1.165, 1.54) is 6.08 Å². The fourth-order valence-electron chi connectivity index (χ4n) is 2.29. The summed E-state index contributed by atoms with van der Waals surface area (Å²) in [5, 5.41) is 21.2. The molecule has 1 amide bonds. The summed E-state index contributed by atoms with van der Waals surface area (Å²) in [5.41, 5.74) is 1.96. The molecular formula is C17H18N4O2. The molecule has 0 aliphatic carbocycles. The van der Waals surface area contributed by atoms with E-state index in [0.29, 0.717) is 17.1 Å². The van der Waals surface area contributed by atoms with Gasteiger partial charge in [-0.1, -0.05) is 6.07 Å². The third-order valence-corrected chi connectivity index (χ3v) is 3.80. The van der Waals surface area contributed by atoms with Crippen LogP contribution in [0.25, 0.3) is 17.3 Å². The van der Waals surface area contributed by atoms with Crippen LogP contribution in [0.5, 0.6) is 5.75 Å². The van der Waals surface area contributed by atoms with Gasteiger partial charge >= 0.3 is 0 Å². The highest BCUT2D eigenvalue weighted by Gasteiger charge is 2.17. The van der Waals surface area contributed by atoms with Gasteiger partial charge in [-0.05, 0) is 42.3 Å². The van der Waals surface area contributed by atoms with Crippen LogP contribution in [0.2, 0.25) is 0 Å². The Bertz CT molecular complexity index is 737. The molecule has 118 valence electrons. The number of carbonyl (C=O) groups is 1. The lowest BCUT2D eigenvalue weighted by Gasteiger charge is -2.29. The predicted octanol–water partition coefficient (Wildman–Crippen LogP) is 2.14. The van der Waals surface area contributed by atoms with Crippen LogP contribution >= 0.6 is 0 Å². The average molecular weight is 310 g/mol. The van der Waals surface area contributed by atoms with Crippen LogP contribution in [-0.4, -0.2) is 46.2 Å². The molecule has 1 saturated heterocycles. The van der Waals surface area contributed by atoms with Gasteiger partial charge in [0.05, 0.1) is 5.69 Å². The Kier molecular flexibility index (Phi) is 4.23. The summed E-state index contributed by atoms with van der Waals surface area (Å²) in [6, 6.07) is 8.80. The monoisotopic (exact) mass is 310 g/mol. The van der Waals surface area contributed by atoms with Crippen molar-refractivity contribution in [3.05, 3.63) is 42.0 Å². The van der Waals surface area contributed by atoms with E-state index in [0.717, 1.165) is 25.1 Å². The van der Waals surface area contributed by atoms with Crippen LogP contribution in [0.1, 0.15) is 12.0 Å². The van der Waals surface area contributed by atoms with E-state index < -0.39 is 0 Å². The smallest absolute Gasteiger partial charge is 0.246 e. The molecule has 0 saturated carbocycles. The molecule has 1 aliphatic heterocycles. The summed E-state index contributed by atoms with van der Waals surface area (Å²) in [4.78, 5) is 13.6. The molecule has 0 radical (unpaired) electrons. The summed E-state index contributed by atoms with van der Waals surface area (Å²) >= 11 is 0. The van der Waals surface area contributed by atoms with E-state index in [-0.39, 0.29) is 11.7 Å². The third kappa shape index (κ3) is 3.31. The molecule has 2 aromatic rings. The molecule has 1 aliphatic rings. The van der Waals surface area contributed by atoms with Gasteiger partial charge in [-0.2, -0.15) is 0 Å². The number of likely N-dealkylation sites (tertiary alicyclic amines) is 1. The number of aromatic hydroxyl groups is 1. The minimum Gasteiger partial charge on any atom is -0.507 e. The summed E-state index contributed by atoms with van der Waals surface area (Å²) in [6.07, 6.45) is 4.32. The number of hydrogen-bond acceptors (Lipinski definition) is 5. The van der Waals surface area contributed by atoms with Crippen molar-refractivity contribution in [3.63, 3.8) is 0 Å². The first-order valence-corrected chi connectivity index (χ1v) is 7.49. The molecule has 3 rings (SSSR count). The number of anilines is 1. The summed E-state index contributed by atoms with van der Waals surface area (Å²) in [6.45, 7) is 1.66. The topological polar surface area (TPSA) is 78.4 Å². The third-order valence-electron chi connectivity index (χ3n) is 3.80. The van der Waals surface area contributed by atoms with Gasteiger partial charge in [0.25, 0.3) is 0 Å². The zero-order chi connectivity index (χ0) is 16.2. The Labute approximate surface area is 134 Å². The van der Waals surface area contributed by atoms with Gasteiger partial charge < -0.3 is 15.3 Å². The summed E-state index contributed by atoms with van der Waals surface area (Å²) < 4.78 is 0. The van der Waals surface area contributed by atoms with Gasteiger partial charge in [-0.25, -0.2) is 0 Å². The summed E-state index contributed by atoms with van der Waals surface area (Å²) in [7, 11) is 1.77. The molecule has 1 fully saturated rings. The Hall–Kier alpha value is -2.89. The maximum atomic E-state index is 11.8. The molecule has 6 nitrogen and oxygen atoms in total. The second-order valence-electron chi connectivity index (χ2n) is 5.34. The number of benzene rings is 1. The molecule has 6 heteroatoms. The van der Waals surface area contributed by atoms with Crippen LogP contribution in [-0.2, 0) is 4.79 Å². The molecule has 2 heterocycles. The Morgan fingerprint density at radius 2 is 2.09 bits per heavy atom. The van der Waals surface area contributed by atoms with Gasteiger partial charge in [0.1, 0.15) is 11.6 Å². The lowest BCUT2D eigenvalue weighted by molar-refractivity contribution is -0.129. The van der Waals surface area contributed by atoms with E-state index in [4.69, 9.17) is 0 Å². The van der Waals surface area contributed by atoms with Crippen LogP contribution in [0.3, 0.4) is 0 Å². The van der Waals surface area contributed by atoms with E-state index >= 15 is 0 Å². The van der Waals surface area contributed by atoms with E-state index in [2.05, 4.69) is 15.5 Å². The van der Waals surface area contributed by atoms with Crippen molar-refractivity contribution >= 4 is 17.8 Å². The molecular weight excluding hydrogens is 292 g/mol. The first-order chi connectivity index (χ1) is 11.2. The lowest BCUT2D eigenvalue weighted by atomic mass is 10.1. The van der Waals surface area contributed by atoms with E-state index in [1.54, 1.807) is 42.3 Å². The molecule has 0 atom stereocenters. The molecule has 2 N–H and O–H groups in total. The van der Waals surface area contributed by atoms with Crippen LogP contribution < -0.4 is 5.32 Å². The normalized spacial score (nSPS) is 13.9. The minimum absolute atomic E-state index is 0.00772. The zero-order valence-electron chi connectivity index (χ0n) is 12.9. The number of hydrogen-bond donors (Lipinski definition) is 2. The standard InChI is InChI=1S/C17H18N4O2/c1-18-16-7-6-14(19-20-16)13-5-3-12(11-15(13)22)4-8-17(23)21-9-2-10-21/h3-8,11,22H,2,9-10H2,1H3,(H,18,20)/b8-4+. The number of nitrogens with zero attached hydrogens (tertiary/aromatic N) is 3. The van der Waals surface area contributed by atoms with Gasteiger partial charge in [0.15, 0.2) is 0 Å². The van der Waals surface area contributed by atoms with Crippen molar-refractivity contribution in [2.45, 2.75) is 6.42 Å². The number of amides is 1. The van der Waals surface area contributed by atoms with Crippen molar-refractivity contribution in [2.24, 2.45) is 0 Å². The number of aromatic nitrogens is 2. The van der Waals surface area contributed by atoms with E-state index in [1.807, 2.05) is 6.07 Å². The van der Waals surface area contributed by atoms with Gasteiger partial charge in [0, 0.05) is 31.8 Å². The van der Waals surface area contributed by atoms with Gasteiger partial charge in [0.2, 0.25) is 5.91 Å². The number of rotatable bonds is 4. The fraction of sp³-hybridized carbons (Fsp3) is 0.235. The maximum Gasteiger partial charge on any atom is 0.246 e. The van der Waals surface area contributed by atoms with Crippen molar-refractivity contribution in [1.82, 2.24) is 15.1 Å². The lowest BCUT2D eigenvalue weighted by Crippen LogP contribution is -2.40. The Morgan fingerprint density at radius 1 is 1.26 bits per heavy atom. The largest absolute Gasteiger partial charge is 0.507 e. The first kappa shape index (κ1) is 15.0. The van der Waals surface area contributed by atoms with Crippen LogP contribution in [0.15, 0.2) is 36.4 Å². The quantitative estimate of drug-likeness (QED) is 0.846. The average Bonchev–Trinajstić information content (AvgIpc) is 2.51. The first-order valence-electron chi connectivity index (χ1n) is 7.49. The second kappa shape index (κ2) is 6.48. The molecule has 0 spiro atoms. The highest BCUT2D eigenvalue weighted by Crippen LogP contribution is 2.29. The predicted molar refractivity (Wildman–Crippen MR) is 88.9 cm³/mol. The van der Waals surface area contributed by atoms with Crippen LogP contribution in [0, 0.1) is 0 Å². The molecule has 1 aromatic heterocycles. The number of phenols is 1. The molecule has 0 unspecified atom stereocenters. The van der Waals surface area contributed by atoms with E-state index in [9.17, 15) is 9.90 Å². The highest BCUT2D eigenvalue weighted by molar-refractivity contribution is 5.92. The van der Waals surface area contributed by atoms with Crippen LogP contribution in [0.4, 0.5) is 5.82 Å². The van der Waals surface area contributed by atoms with Crippen molar-refractivity contribution in [1.29, 1.82) is 0 Å². The maximum absolute atomic E-state index is 11.8. The molecule has 0 bridgehead atoms. The van der Waals surface area contributed by atoms with Gasteiger partial charge in [-0.3, -0.25) is 4.79 Å². The summed E-state index contributed by atoms with van der Waals surface area (Å²) in [5.74, 6) is 0.778. The number of nitrogens with one attached hydrogen (secondary N) is 1. The second-order valence-corrected chi connectivity index (χ2v) is 5.34. The minimum atomic E-state index is 0.00772. The van der Waals surface area contributed by atoms with Gasteiger partial charge in [-0.15, -0.1) is 10.2 Å². The molecule has 23 heavy (non-hydrogen) atoms. The number of carbonyl (C=O) groups excluding carboxylic acids is 1. The van der Waals surface area contributed by atoms with Crippen molar-refractivity contribution in [3.8, 4) is 17.0 Å². The number of phenolic OH excluding ortho intramolecular Hbond substituents is 1. The fourth-order valence-corrected chi connectivity index (χ4v) is 2.29. The highest BCUT2D eigenvalue weighted by atomic mass is 16.3. The Morgan fingerprint density at radius 3 is 2.65 bits per heavy atom.